The van der Waals surface area contributed by atoms with Gasteiger partial charge in [-0.1, -0.05) is 12.1 Å². The summed E-state index contributed by atoms with van der Waals surface area (Å²) < 4.78 is 38.5. The molecule has 1 atom stereocenters. The molecule has 4 rings (SSSR count). The Morgan fingerprint density at radius 1 is 1.23 bits per heavy atom. The van der Waals surface area contributed by atoms with E-state index in [1.165, 1.54) is 0 Å². The summed E-state index contributed by atoms with van der Waals surface area (Å²) in [6.07, 6.45) is 0.907. The number of aryl methyl sites for hydroxylation is 1. The average Bonchev–Trinajstić information content (AvgIpc) is 3.01. The van der Waals surface area contributed by atoms with Gasteiger partial charge in [0.1, 0.15) is 12.4 Å². The lowest BCUT2D eigenvalue weighted by atomic mass is 10.2. The second-order valence-electron chi connectivity index (χ2n) is 7.07. The van der Waals surface area contributed by atoms with Crippen LogP contribution < -0.4 is 19.5 Å². The number of ether oxygens (including phenoxy) is 2. The minimum absolute atomic E-state index is 0.158. The molecule has 2 heterocycles. The zero-order valence-electron chi connectivity index (χ0n) is 16.6. The molecule has 0 bridgehead atoms. The summed E-state index contributed by atoms with van der Waals surface area (Å²) in [6.45, 7) is 0.539. The van der Waals surface area contributed by atoms with Crippen molar-refractivity contribution in [2.75, 3.05) is 24.1 Å². The molecule has 2 aromatic carbocycles. The molecule has 0 spiro atoms. The number of imidazole rings is 1. The number of hydrogen-bond donors (Lipinski definition) is 2. The maximum atomic E-state index is 12.4. The molecule has 0 unspecified atom stereocenters. The van der Waals surface area contributed by atoms with Gasteiger partial charge < -0.3 is 19.4 Å². The number of aromatic nitrogens is 2. The molecule has 0 saturated carbocycles. The van der Waals surface area contributed by atoms with Gasteiger partial charge in [-0.15, -0.1) is 0 Å². The van der Waals surface area contributed by atoms with Crippen molar-refractivity contribution in [3.8, 4) is 11.5 Å². The van der Waals surface area contributed by atoms with Crippen LogP contribution in [-0.2, 0) is 28.3 Å². The first kappa shape index (κ1) is 20.0. The third-order valence-corrected chi connectivity index (χ3v) is 5.33. The number of para-hydroxylation sites is 2. The van der Waals surface area contributed by atoms with Crippen LogP contribution in [0.3, 0.4) is 0 Å². The maximum absolute atomic E-state index is 12.4. The van der Waals surface area contributed by atoms with Crippen molar-refractivity contribution in [2.24, 2.45) is 7.05 Å². The topological polar surface area (TPSA) is 112 Å². The fourth-order valence-corrected chi connectivity index (χ4v) is 3.87. The maximum Gasteiger partial charge on any atom is 0.264 e. The van der Waals surface area contributed by atoms with E-state index in [-0.39, 0.29) is 12.5 Å². The molecule has 0 fully saturated rings. The predicted molar refractivity (Wildman–Crippen MR) is 112 cm³/mol. The third kappa shape index (κ3) is 4.33. The zero-order chi connectivity index (χ0) is 21.3. The smallest absolute Gasteiger partial charge is 0.264 e. The van der Waals surface area contributed by atoms with Crippen molar-refractivity contribution in [3.05, 3.63) is 48.3 Å². The Kier molecular flexibility index (Phi) is 5.25. The summed E-state index contributed by atoms with van der Waals surface area (Å²) in [6, 6.07) is 12.4. The third-order valence-electron chi connectivity index (χ3n) is 4.73. The SMILES string of the molecule is Cn1c(CCNC(=O)[C@@H]2COc3ccccc3O2)nc2cc(NS(C)(=O)=O)ccc21. The van der Waals surface area contributed by atoms with Gasteiger partial charge in [-0.05, 0) is 30.3 Å². The van der Waals surface area contributed by atoms with Crippen molar-refractivity contribution in [2.45, 2.75) is 12.5 Å². The first-order valence-corrected chi connectivity index (χ1v) is 11.3. The first-order chi connectivity index (χ1) is 14.3. The van der Waals surface area contributed by atoms with E-state index in [1.807, 2.05) is 29.8 Å². The molecule has 0 saturated heterocycles. The van der Waals surface area contributed by atoms with E-state index >= 15 is 0 Å². The van der Waals surface area contributed by atoms with Crippen LogP contribution in [0.25, 0.3) is 11.0 Å². The molecule has 9 nitrogen and oxygen atoms in total. The van der Waals surface area contributed by atoms with Crippen molar-refractivity contribution in [3.63, 3.8) is 0 Å². The Balaban J connectivity index is 1.38. The van der Waals surface area contributed by atoms with Gasteiger partial charge in [0.05, 0.1) is 23.0 Å². The van der Waals surface area contributed by atoms with Crippen LogP contribution >= 0.6 is 0 Å². The highest BCUT2D eigenvalue weighted by atomic mass is 32.2. The Morgan fingerprint density at radius 2 is 2.00 bits per heavy atom. The number of benzene rings is 2. The van der Waals surface area contributed by atoms with Gasteiger partial charge >= 0.3 is 0 Å². The minimum Gasteiger partial charge on any atom is -0.485 e. The summed E-state index contributed by atoms with van der Waals surface area (Å²) >= 11 is 0. The van der Waals surface area contributed by atoms with Gasteiger partial charge in [-0.2, -0.15) is 0 Å². The summed E-state index contributed by atoms with van der Waals surface area (Å²) in [7, 11) is -1.48. The van der Waals surface area contributed by atoms with Gasteiger partial charge in [0.15, 0.2) is 11.5 Å². The molecule has 0 radical (unpaired) electrons. The molecule has 30 heavy (non-hydrogen) atoms. The fourth-order valence-electron chi connectivity index (χ4n) is 3.31. The van der Waals surface area contributed by atoms with Gasteiger partial charge in [-0.3, -0.25) is 9.52 Å². The molecule has 1 aromatic heterocycles. The van der Waals surface area contributed by atoms with Crippen LogP contribution in [0, 0.1) is 0 Å². The van der Waals surface area contributed by atoms with E-state index in [0.29, 0.717) is 35.7 Å². The van der Waals surface area contributed by atoms with Crippen LogP contribution in [0.2, 0.25) is 0 Å². The van der Waals surface area contributed by atoms with Gasteiger partial charge in [0.25, 0.3) is 5.91 Å². The lowest BCUT2D eigenvalue weighted by molar-refractivity contribution is -0.130. The van der Waals surface area contributed by atoms with Gasteiger partial charge in [0.2, 0.25) is 16.1 Å². The highest BCUT2D eigenvalue weighted by Gasteiger charge is 2.27. The molecular weight excluding hydrogens is 408 g/mol. The lowest BCUT2D eigenvalue weighted by Gasteiger charge is -2.25. The number of nitrogens with zero attached hydrogens (tertiary/aromatic N) is 2. The Bertz CT molecular complexity index is 1210. The molecular formula is C20H22N4O5S. The quantitative estimate of drug-likeness (QED) is 0.612. The molecule has 10 heteroatoms. The number of fused-ring (bicyclic) bond motifs is 2. The van der Waals surface area contributed by atoms with Crippen molar-refractivity contribution in [1.82, 2.24) is 14.9 Å². The minimum atomic E-state index is -3.36. The van der Waals surface area contributed by atoms with Crippen LogP contribution in [0.4, 0.5) is 5.69 Å². The lowest BCUT2D eigenvalue weighted by Crippen LogP contribution is -2.44. The molecule has 2 N–H and O–H groups in total. The van der Waals surface area contributed by atoms with Gasteiger partial charge in [0, 0.05) is 20.0 Å². The van der Waals surface area contributed by atoms with E-state index in [2.05, 4.69) is 15.0 Å². The molecule has 1 aliphatic heterocycles. The molecule has 1 amide bonds. The Labute approximate surface area is 174 Å². The fraction of sp³-hybridized carbons (Fsp3) is 0.300. The van der Waals surface area contributed by atoms with Crippen LogP contribution in [0.1, 0.15) is 5.82 Å². The number of sulfonamides is 1. The van der Waals surface area contributed by atoms with E-state index in [9.17, 15) is 13.2 Å². The number of hydrogen-bond acceptors (Lipinski definition) is 6. The van der Waals surface area contributed by atoms with Crippen LogP contribution in [0.5, 0.6) is 11.5 Å². The Hall–Kier alpha value is -3.27. The summed E-state index contributed by atoms with van der Waals surface area (Å²) in [4.78, 5) is 17.0. The van der Waals surface area contributed by atoms with Crippen molar-refractivity contribution >= 4 is 32.7 Å². The van der Waals surface area contributed by atoms with Crippen LogP contribution in [-0.4, -0.2) is 49.4 Å². The predicted octanol–water partition coefficient (Wildman–Crippen LogP) is 1.44. The Morgan fingerprint density at radius 3 is 2.77 bits per heavy atom. The van der Waals surface area contributed by atoms with Crippen LogP contribution in [0.15, 0.2) is 42.5 Å². The first-order valence-electron chi connectivity index (χ1n) is 9.39. The monoisotopic (exact) mass is 430 g/mol. The number of carbonyl (C=O) groups is 1. The summed E-state index contributed by atoms with van der Waals surface area (Å²) in [5.74, 6) is 1.71. The number of anilines is 1. The van der Waals surface area contributed by atoms with E-state index in [4.69, 9.17) is 9.47 Å². The number of nitrogens with one attached hydrogen (secondary N) is 2. The summed E-state index contributed by atoms with van der Waals surface area (Å²) in [5, 5.41) is 2.86. The normalized spacial score (nSPS) is 15.7. The molecule has 3 aromatic rings. The summed E-state index contributed by atoms with van der Waals surface area (Å²) in [5.41, 5.74) is 2.00. The standard InChI is InChI=1S/C20H22N4O5S/c1-24-15-8-7-13(23-30(2,26)27)11-14(15)22-19(24)9-10-21-20(25)18-12-28-16-5-3-4-6-17(16)29-18/h3-8,11,18,23H,9-10,12H2,1-2H3,(H,21,25)/t18-/m0/s1. The largest absolute Gasteiger partial charge is 0.485 e. The highest BCUT2D eigenvalue weighted by molar-refractivity contribution is 7.92. The van der Waals surface area contributed by atoms with Crippen molar-refractivity contribution < 1.29 is 22.7 Å². The second-order valence-corrected chi connectivity index (χ2v) is 8.82. The number of amides is 1. The van der Waals surface area contributed by atoms with Crippen molar-refractivity contribution in [1.29, 1.82) is 0 Å². The molecule has 158 valence electrons. The van der Waals surface area contributed by atoms with E-state index in [1.54, 1.807) is 24.3 Å². The second kappa shape index (κ2) is 7.86. The zero-order valence-corrected chi connectivity index (χ0v) is 17.4. The van der Waals surface area contributed by atoms with Gasteiger partial charge in [-0.25, -0.2) is 13.4 Å². The van der Waals surface area contributed by atoms with E-state index in [0.717, 1.165) is 17.6 Å². The molecule has 1 aliphatic rings. The van der Waals surface area contributed by atoms with E-state index < -0.39 is 16.1 Å². The highest BCUT2D eigenvalue weighted by Crippen LogP contribution is 2.30. The molecule has 0 aliphatic carbocycles. The average molecular weight is 430 g/mol. The number of rotatable bonds is 6. The number of carbonyl (C=O) groups excluding carboxylic acids is 1.